The summed E-state index contributed by atoms with van der Waals surface area (Å²) in [4.78, 5) is 42.9. The van der Waals surface area contributed by atoms with Gasteiger partial charge in [-0.05, 0) is 81.7 Å². The van der Waals surface area contributed by atoms with E-state index in [0.717, 1.165) is 17.5 Å². The van der Waals surface area contributed by atoms with Crippen LogP contribution in [0.5, 0.6) is 5.75 Å². The van der Waals surface area contributed by atoms with E-state index in [0.29, 0.717) is 17.7 Å². The predicted octanol–water partition coefficient (Wildman–Crippen LogP) is 5.87. The Morgan fingerprint density at radius 3 is 2.21 bits per heavy atom. The van der Waals surface area contributed by atoms with E-state index in [1.807, 2.05) is 52.8 Å². The molecule has 1 fully saturated rings. The number of rotatable bonds is 9. The molecule has 0 aliphatic heterocycles. The number of nitrogens with one attached hydrogen (secondary N) is 2. The zero-order valence-corrected chi connectivity index (χ0v) is 24.4. The zero-order valence-electron chi connectivity index (χ0n) is 24.4. The SMILES string of the molecule is CCC(C)C(NC(=O)OC(C)(C)C)C(=O)N(C(C(=O)Nc1c(C)cccc1C)c1cccc(O)c1)C1CC1C. The van der Waals surface area contributed by atoms with E-state index in [2.05, 4.69) is 10.6 Å². The summed E-state index contributed by atoms with van der Waals surface area (Å²) in [5.74, 6) is -0.770. The van der Waals surface area contributed by atoms with Crippen LogP contribution in [0.15, 0.2) is 42.5 Å². The van der Waals surface area contributed by atoms with Gasteiger partial charge in [0.1, 0.15) is 23.4 Å². The van der Waals surface area contributed by atoms with E-state index in [-0.39, 0.29) is 35.4 Å². The van der Waals surface area contributed by atoms with Crippen LogP contribution in [0.4, 0.5) is 10.5 Å². The Morgan fingerprint density at radius 2 is 1.69 bits per heavy atom. The van der Waals surface area contributed by atoms with Gasteiger partial charge in [-0.15, -0.1) is 0 Å². The molecule has 1 aliphatic rings. The molecule has 39 heavy (non-hydrogen) atoms. The van der Waals surface area contributed by atoms with Gasteiger partial charge in [-0.1, -0.05) is 57.5 Å². The number of aromatic hydroxyl groups is 1. The number of benzene rings is 2. The lowest BCUT2D eigenvalue weighted by molar-refractivity contribution is -0.142. The first-order valence-electron chi connectivity index (χ1n) is 13.7. The number of phenolic OH excluding ortho intramolecular Hbond substituents is 1. The molecule has 8 heteroatoms. The highest BCUT2D eigenvalue weighted by molar-refractivity contribution is 6.00. The first kappa shape index (κ1) is 30.0. The van der Waals surface area contributed by atoms with E-state index in [4.69, 9.17) is 4.74 Å². The van der Waals surface area contributed by atoms with Crippen LogP contribution in [-0.2, 0) is 14.3 Å². The molecule has 0 heterocycles. The Hall–Kier alpha value is -3.55. The van der Waals surface area contributed by atoms with Crippen LogP contribution in [0.3, 0.4) is 0 Å². The fourth-order valence-electron chi connectivity index (χ4n) is 4.79. The van der Waals surface area contributed by atoms with Gasteiger partial charge < -0.3 is 25.4 Å². The summed E-state index contributed by atoms with van der Waals surface area (Å²) >= 11 is 0. The minimum absolute atomic E-state index is 0.000951. The summed E-state index contributed by atoms with van der Waals surface area (Å²) in [6.45, 7) is 15.0. The van der Waals surface area contributed by atoms with Crippen LogP contribution < -0.4 is 10.6 Å². The number of amides is 3. The van der Waals surface area contributed by atoms with Crippen molar-refractivity contribution in [1.82, 2.24) is 10.2 Å². The highest BCUT2D eigenvalue weighted by Gasteiger charge is 2.49. The van der Waals surface area contributed by atoms with Gasteiger partial charge in [0.05, 0.1) is 0 Å². The van der Waals surface area contributed by atoms with Crippen molar-refractivity contribution >= 4 is 23.6 Å². The zero-order chi connectivity index (χ0) is 29.1. The average Bonchev–Trinajstić information content (AvgIpc) is 3.56. The van der Waals surface area contributed by atoms with Gasteiger partial charge in [0.25, 0.3) is 5.91 Å². The third-order valence-corrected chi connectivity index (χ3v) is 7.27. The van der Waals surface area contributed by atoms with E-state index >= 15 is 0 Å². The molecule has 8 nitrogen and oxygen atoms in total. The lowest BCUT2D eigenvalue weighted by Crippen LogP contribution is -2.55. The summed E-state index contributed by atoms with van der Waals surface area (Å²) in [5, 5.41) is 16.2. The third kappa shape index (κ3) is 7.52. The van der Waals surface area contributed by atoms with Crippen LogP contribution >= 0.6 is 0 Å². The first-order chi connectivity index (χ1) is 18.2. The van der Waals surface area contributed by atoms with Crippen molar-refractivity contribution in [3.8, 4) is 5.75 Å². The van der Waals surface area contributed by atoms with Crippen molar-refractivity contribution < 1.29 is 24.2 Å². The minimum atomic E-state index is -1.02. The molecule has 1 aliphatic carbocycles. The second kappa shape index (κ2) is 12.1. The summed E-state index contributed by atoms with van der Waals surface area (Å²) in [5.41, 5.74) is 2.26. The number of aryl methyl sites for hydroxylation is 2. The molecule has 3 rings (SSSR count). The summed E-state index contributed by atoms with van der Waals surface area (Å²) in [6, 6.07) is 10.1. The predicted molar refractivity (Wildman–Crippen MR) is 152 cm³/mol. The van der Waals surface area contributed by atoms with Crippen molar-refractivity contribution in [3.63, 3.8) is 0 Å². The number of para-hydroxylation sites is 1. The molecule has 5 atom stereocenters. The van der Waals surface area contributed by atoms with E-state index in [9.17, 15) is 19.5 Å². The number of hydrogen-bond donors (Lipinski definition) is 3. The Labute approximate surface area is 232 Å². The Kier molecular flexibility index (Phi) is 9.30. The molecule has 0 aromatic heterocycles. The maximum Gasteiger partial charge on any atom is 0.408 e. The summed E-state index contributed by atoms with van der Waals surface area (Å²) in [6.07, 6.45) is 0.683. The molecule has 0 bridgehead atoms. The van der Waals surface area contributed by atoms with Gasteiger partial charge >= 0.3 is 6.09 Å². The number of carbonyl (C=O) groups is 3. The molecule has 2 aromatic rings. The van der Waals surface area contributed by atoms with Crippen LogP contribution in [-0.4, -0.2) is 45.6 Å². The molecular weight excluding hydrogens is 494 g/mol. The molecule has 0 saturated heterocycles. The number of phenols is 1. The van der Waals surface area contributed by atoms with Gasteiger partial charge in [-0.3, -0.25) is 9.59 Å². The summed E-state index contributed by atoms with van der Waals surface area (Å²) < 4.78 is 5.47. The molecule has 0 spiro atoms. The topological polar surface area (TPSA) is 108 Å². The minimum Gasteiger partial charge on any atom is -0.508 e. The van der Waals surface area contributed by atoms with Crippen molar-refractivity contribution in [3.05, 3.63) is 59.2 Å². The number of nitrogens with zero attached hydrogens (tertiary/aromatic N) is 1. The number of ether oxygens (including phenoxy) is 1. The van der Waals surface area contributed by atoms with Crippen molar-refractivity contribution in [2.45, 2.75) is 92.0 Å². The van der Waals surface area contributed by atoms with E-state index in [1.54, 1.807) is 37.8 Å². The molecule has 5 unspecified atom stereocenters. The van der Waals surface area contributed by atoms with Crippen LogP contribution in [0, 0.1) is 25.7 Å². The fourth-order valence-corrected chi connectivity index (χ4v) is 4.79. The van der Waals surface area contributed by atoms with E-state index < -0.39 is 23.8 Å². The smallest absolute Gasteiger partial charge is 0.408 e. The summed E-state index contributed by atoms with van der Waals surface area (Å²) in [7, 11) is 0. The molecule has 3 amide bonds. The molecule has 2 aromatic carbocycles. The number of alkyl carbamates (subject to hydrolysis) is 1. The highest BCUT2D eigenvalue weighted by Crippen LogP contribution is 2.42. The van der Waals surface area contributed by atoms with Gasteiger partial charge in [0.15, 0.2) is 0 Å². The van der Waals surface area contributed by atoms with Crippen molar-refractivity contribution in [2.75, 3.05) is 5.32 Å². The lowest BCUT2D eigenvalue weighted by Gasteiger charge is -2.36. The van der Waals surface area contributed by atoms with Crippen LogP contribution in [0.2, 0.25) is 0 Å². The Balaban J connectivity index is 2.07. The number of anilines is 1. The fraction of sp³-hybridized carbons (Fsp3) is 0.516. The van der Waals surface area contributed by atoms with Gasteiger partial charge in [0, 0.05) is 11.7 Å². The van der Waals surface area contributed by atoms with Gasteiger partial charge in [0.2, 0.25) is 5.91 Å². The Morgan fingerprint density at radius 1 is 1.10 bits per heavy atom. The molecule has 3 N–H and O–H groups in total. The number of carbonyl (C=O) groups excluding carboxylic acids is 3. The monoisotopic (exact) mass is 537 g/mol. The molecular formula is C31H43N3O5. The van der Waals surface area contributed by atoms with Crippen LogP contribution in [0.25, 0.3) is 0 Å². The largest absolute Gasteiger partial charge is 0.508 e. The standard InChI is InChI=1S/C31H43N3O5/c1-9-18(2)26(33-30(38)39-31(6,7)8)29(37)34(24-16-21(24)5)27(22-14-11-15-23(35)17-22)28(36)32-25-19(3)12-10-13-20(25)4/h10-15,17-18,21,24,26-27,35H,9,16H2,1-8H3,(H,32,36)(H,33,38). The number of hydrogen-bond acceptors (Lipinski definition) is 5. The molecule has 1 saturated carbocycles. The third-order valence-electron chi connectivity index (χ3n) is 7.27. The normalized spacial score (nSPS) is 18.9. The van der Waals surface area contributed by atoms with Crippen molar-refractivity contribution in [2.24, 2.45) is 11.8 Å². The maximum atomic E-state index is 14.4. The highest BCUT2D eigenvalue weighted by atomic mass is 16.6. The quantitative estimate of drug-likeness (QED) is 0.371. The Bertz CT molecular complexity index is 1180. The second-order valence-corrected chi connectivity index (χ2v) is 11.8. The van der Waals surface area contributed by atoms with Crippen molar-refractivity contribution in [1.29, 1.82) is 0 Å². The molecule has 0 radical (unpaired) electrons. The maximum absolute atomic E-state index is 14.4. The lowest BCUT2D eigenvalue weighted by atomic mass is 9.95. The van der Waals surface area contributed by atoms with Gasteiger partial charge in [-0.2, -0.15) is 0 Å². The van der Waals surface area contributed by atoms with E-state index in [1.165, 1.54) is 12.1 Å². The molecule has 212 valence electrons. The van der Waals surface area contributed by atoms with Crippen LogP contribution in [0.1, 0.15) is 77.1 Å². The first-order valence-corrected chi connectivity index (χ1v) is 13.7. The average molecular weight is 538 g/mol. The second-order valence-electron chi connectivity index (χ2n) is 11.8. The van der Waals surface area contributed by atoms with Gasteiger partial charge in [-0.25, -0.2) is 4.79 Å².